The Hall–Kier alpha value is -1.04. The van der Waals surface area contributed by atoms with Gasteiger partial charge in [0.1, 0.15) is 0 Å². The number of allylic oxidation sites excluding steroid dienone is 1. The number of benzene rings is 1. The molecule has 0 amide bonds. The number of unbranched alkanes of at least 4 members (excludes halogenated alkanes) is 9. The van der Waals surface area contributed by atoms with E-state index >= 15 is 0 Å². The highest BCUT2D eigenvalue weighted by atomic mass is 14.1. The van der Waals surface area contributed by atoms with E-state index in [4.69, 9.17) is 0 Å². The number of rotatable bonds is 14. The summed E-state index contributed by atoms with van der Waals surface area (Å²) in [6.45, 7) is 6.15. The van der Waals surface area contributed by atoms with Crippen LogP contribution in [0, 0.1) is 6.42 Å². The van der Waals surface area contributed by atoms with Crippen LogP contribution in [0.4, 0.5) is 0 Å². The second-order valence-corrected chi connectivity index (χ2v) is 6.42. The zero-order valence-electron chi connectivity index (χ0n) is 14.6. The Morgan fingerprint density at radius 2 is 1.36 bits per heavy atom. The Kier molecular flexibility index (Phi) is 11.8. The Balaban J connectivity index is 2.05. The maximum Gasteiger partial charge on any atom is -0.00932 e. The van der Waals surface area contributed by atoms with Crippen LogP contribution in [0.25, 0.3) is 0 Å². The Morgan fingerprint density at radius 1 is 0.818 bits per heavy atom. The summed E-state index contributed by atoms with van der Waals surface area (Å²) in [6, 6.07) is 10.8. The normalized spacial score (nSPS) is 12.2. The minimum atomic E-state index is 0.549. The third-order valence-electron chi connectivity index (χ3n) is 4.46. The van der Waals surface area contributed by atoms with Gasteiger partial charge in [-0.2, -0.15) is 0 Å². The largest absolute Gasteiger partial charge is 0.103 e. The molecule has 0 saturated carbocycles. The maximum absolute atomic E-state index is 3.87. The standard InChI is InChI=1S/C22H35/c1-3-5-6-7-8-9-10-11-12-14-18-21(17-4-2)22-19-15-13-16-20-22/h4,13,15-17,19-21H,2-3,5-12,14,18H2,1H3. The monoisotopic (exact) mass is 299 g/mol. The van der Waals surface area contributed by atoms with E-state index in [2.05, 4.69) is 50.3 Å². The molecule has 0 saturated heterocycles. The van der Waals surface area contributed by atoms with Crippen molar-refractivity contribution < 1.29 is 0 Å². The van der Waals surface area contributed by atoms with Crippen molar-refractivity contribution in [2.24, 2.45) is 0 Å². The molecule has 0 heterocycles. The lowest BCUT2D eigenvalue weighted by Gasteiger charge is -2.15. The van der Waals surface area contributed by atoms with Gasteiger partial charge < -0.3 is 0 Å². The van der Waals surface area contributed by atoms with Crippen LogP contribution in [0.15, 0.2) is 43.0 Å². The van der Waals surface area contributed by atoms with Gasteiger partial charge in [0.2, 0.25) is 0 Å². The molecule has 22 heavy (non-hydrogen) atoms. The molecule has 1 aromatic rings. The van der Waals surface area contributed by atoms with Gasteiger partial charge in [0, 0.05) is 0 Å². The zero-order valence-corrected chi connectivity index (χ0v) is 14.6. The highest BCUT2D eigenvalue weighted by Gasteiger charge is 2.09. The van der Waals surface area contributed by atoms with Crippen molar-refractivity contribution in [1.82, 2.24) is 0 Å². The first-order chi connectivity index (χ1) is 10.9. The Labute approximate surface area is 139 Å². The number of hydrogen-bond acceptors (Lipinski definition) is 0. The van der Waals surface area contributed by atoms with E-state index in [0.717, 1.165) is 0 Å². The summed E-state index contributed by atoms with van der Waals surface area (Å²) >= 11 is 0. The highest BCUT2D eigenvalue weighted by Crippen LogP contribution is 2.25. The smallest absolute Gasteiger partial charge is 0.00932 e. The third kappa shape index (κ3) is 9.07. The second kappa shape index (κ2) is 13.6. The van der Waals surface area contributed by atoms with Crippen molar-refractivity contribution in [1.29, 1.82) is 0 Å². The summed E-state index contributed by atoms with van der Waals surface area (Å²) in [5.74, 6) is 0.549. The van der Waals surface area contributed by atoms with Crippen LogP contribution < -0.4 is 0 Å². The van der Waals surface area contributed by atoms with Gasteiger partial charge in [-0.1, -0.05) is 108 Å². The first kappa shape index (κ1) is 19.0. The molecule has 0 aliphatic rings. The second-order valence-electron chi connectivity index (χ2n) is 6.42. The van der Waals surface area contributed by atoms with E-state index in [1.165, 1.54) is 76.2 Å². The Morgan fingerprint density at radius 3 is 1.91 bits per heavy atom. The third-order valence-corrected chi connectivity index (χ3v) is 4.46. The highest BCUT2D eigenvalue weighted by molar-refractivity contribution is 5.24. The van der Waals surface area contributed by atoms with E-state index in [0.29, 0.717) is 5.92 Å². The first-order valence-electron chi connectivity index (χ1n) is 9.39. The van der Waals surface area contributed by atoms with Crippen LogP contribution in [0.2, 0.25) is 0 Å². The van der Waals surface area contributed by atoms with Crippen molar-refractivity contribution in [3.63, 3.8) is 0 Å². The van der Waals surface area contributed by atoms with Crippen molar-refractivity contribution in [2.75, 3.05) is 0 Å². The molecule has 0 aliphatic heterocycles. The zero-order chi connectivity index (χ0) is 15.9. The molecule has 1 unspecified atom stereocenters. The molecule has 0 aliphatic carbocycles. The summed E-state index contributed by atoms with van der Waals surface area (Å²) in [4.78, 5) is 0. The average molecular weight is 300 g/mol. The van der Waals surface area contributed by atoms with Crippen molar-refractivity contribution in [3.8, 4) is 0 Å². The predicted molar refractivity (Wildman–Crippen MR) is 100 cm³/mol. The molecular weight excluding hydrogens is 264 g/mol. The van der Waals surface area contributed by atoms with Gasteiger partial charge in [-0.15, -0.1) is 6.58 Å². The maximum atomic E-state index is 3.87. The van der Waals surface area contributed by atoms with Crippen LogP contribution in [-0.2, 0) is 0 Å². The molecule has 0 nitrogen and oxygen atoms in total. The molecule has 0 spiro atoms. The molecule has 123 valence electrons. The van der Waals surface area contributed by atoms with Crippen LogP contribution in [0.1, 0.15) is 89.0 Å². The van der Waals surface area contributed by atoms with Gasteiger partial charge in [-0.3, -0.25) is 0 Å². The fraction of sp³-hybridized carbons (Fsp3) is 0.591. The summed E-state index contributed by atoms with van der Waals surface area (Å²) in [5.41, 5.74) is 1.43. The van der Waals surface area contributed by atoms with Crippen LogP contribution in [0.3, 0.4) is 0 Å². The molecule has 1 atom stereocenters. The van der Waals surface area contributed by atoms with Gasteiger partial charge in [-0.05, 0) is 24.3 Å². The van der Waals surface area contributed by atoms with Crippen LogP contribution in [-0.4, -0.2) is 0 Å². The molecule has 0 heteroatoms. The summed E-state index contributed by atoms with van der Waals surface area (Å²) in [7, 11) is 0. The molecule has 0 aromatic heterocycles. The van der Waals surface area contributed by atoms with Crippen molar-refractivity contribution in [3.05, 3.63) is 55.0 Å². The molecule has 1 rings (SSSR count). The van der Waals surface area contributed by atoms with Crippen molar-refractivity contribution in [2.45, 2.75) is 83.5 Å². The minimum absolute atomic E-state index is 0.549. The fourth-order valence-corrected chi connectivity index (χ4v) is 3.09. The fourth-order valence-electron chi connectivity index (χ4n) is 3.09. The van der Waals surface area contributed by atoms with Gasteiger partial charge in [0.15, 0.2) is 0 Å². The SMILES string of the molecule is C=C[CH]C(CCCCCCCCCCCC)c1ccccc1. The van der Waals surface area contributed by atoms with Gasteiger partial charge in [0.05, 0.1) is 0 Å². The predicted octanol–water partition coefficient (Wildman–Crippen LogP) is 7.47. The average Bonchev–Trinajstić information content (AvgIpc) is 2.56. The molecule has 0 bridgehead atoms. The van der Waals surface area contributed by atoms with Gasteiger partial charge >= 0.3 is 0 Å². The summed E-state index contributed by atoms with van der Waals surface area (Å²) < 4.78 is 0. The van der Waals surface area contributed by atoms with E-state index in [1.807, 2.05) is 6.08 Å². The molecule has 1 radical (unpaired) electrons. The lowest BCUT2D eigenvalue weighted by Crippen LogP contribution is -1.98. The number of hydrogen-bond donors (Lipinski definition) is 0. The summed E-state index contributed by atoms with van der Waals surface area (Å²) in [6.07, 6.45) is 19.5. The minimum Gasteiger partial charge on any atom is -0.103 e. The van der Waals surface area contributed by atoms with E-state index in [-0.39, 0.29) is 0 Å². The van der Waals surface area contributed by atoms with E-state index < -0.39 is 0 Å². The molecule has 0 N–H and O–H groups in total. The van der Waals surface area contributed by atoms with Crippen LogP contribution >= 0.6 is 0 Å². The quantitative estimate of drug-likeness (QED) is 0.312. The lowest BCUT2D eigenvalue weighted by atomic mass is 9.90. The molecule has 1 aromatic carbocycles. The van der Waals surface area contributed by atoms with Crippen LogP contribution in [0.5, 0.6) is 0 Å². The lowest BCUT2D eigenvalue weighted by molar-refractivity contribution is 0.539. The van der Waals surface area contributed by atoms with Gasteiger partial charge in [-0.25, -0.2) is 0 Å². The van der Waals surface area contributed by atoms with E-state index in [1.54, 1.807) is 0 Å². The topological polar surface area (TPSA) is 0 Å². The van der Waals surface area contributed by atoms with Crippen molar-refractivity contribution >= 4 is 0 Å². The first-order valence-corrected chi connectivity index (χ1v) is 9.39. The summed E-state index contributed by atoms with van der Waals surface area (Å²) in [5, 5.41) is 0. The van der Waals surface area contributed by atoms with Gasteiger partial charge in [0.25, 0.3) is 0 Å². The van der Waals surface area contributed by atoms with E-state index in [9.17, 15) is 0 Å². The Bertz CT molecular complexity index is 352. The molecule has 0 fully saturated rings. The molecular formula is C22H35.